The minimum absolute atomic E-state index is 0.207. The quantitative estimate of drug-likeness (QED) is 0.861. The average Bonchev–Trinajstić information content (AvgIpc) is 2.62. The fourth-order valence-electron chi connectivity index (χ4n) is 3.60. The van der Waals surface area contributed by atoms with Gasteiger partial charge in [0.25, 0.3) is 0 Å². The zero-order valence-corrected chi connectivity index (χ0v) is 14.7. The maximum atomic E-state index is 5.64. The largest absolute Gasteiger partial charge is 0.381 e. The molecule has 2 saturated heterocycles. The van der Waals surface area contributed by atoms with E-state index in [4.69, 9.17) is 4.74 Å². The van der Waals surface area contributed by atoms with Gasteiger partial charge in [0.05, 0.1) is 0 Å². The second kappa shape index (κ2) is 7.43. The maximum Gasteiger partial charge on any atom is 0.0472 e. The average molecular weight is 296 g/mol. The molecule has 0 amide bonds. The molecule has 2 aliphatic heterocycles. The molecule has 0 aromatic carbocycles. The molecule has 124 valence electrons. The Morgan fingerprint density at radius 1 is 1.14 bits per heavy atom. The maximum absolute atomic E-state index is 5.64. The molecule has 2 fully saturated rings. The van der Waals surface area contributed by atoms with Gasteiger partial charge in [0.1, 0.15) is 0 Å². The standard InChI is InChI=1S/C18H36N2O/c1-16-6-5-10-20(11-7-16)15-18(8-12-21-13-9-18)14-19-17(2,3)4/h16,19H,5-15H2,1-4H3. The van der Waals surface area contributed by atoms with Crippen LogP contribution in [0.25, 0.3) is 0 Å². The summed E-state index contributed by atoms with van der Waals surface area (Å²) in [5.74, 6) is 0.910. The summed E-state index contributed by atoms with van der Waals surface area (Å²) >= 11 is 0. The van der Waals surface area contributed by atoms with Gasteiger partial charge in [-0.15, -0.1) is 0 Å². The second-order valence-corrected chi connectivity index (χ2v) is 8.53. The van der Waals surface area contributed by atoms with E-state index in [0.717, 1.165) is 25.7 Å². The molecule has 3 nitrogen and oxygen atoms in total. The lowest BCUT2D eigenvalue weighted by Gasteiger charge is -2.42. The van der Waals surface area contributed by atoms with Gasteiger partial charge in [-0.1, -0.05) is 6.92 Å². The number of hydrogen-bond donors (Lipinski definition) is 1. The van der Waals surface area contributed by atoms with Crippen molar-refractivity contribution in [2.45, 2.75) is 65.3 Å². The predicted octanol–water partition coefficient (Wildman–Crippen LogP) is 3.29. The Morgan fingerprint density at radius 2 is 1.86 bits per heavy atom. The minimum Gasteiger partial charge on any atom is -0.381 e. The molecule has 2 heterocycles. The molecule has 0 spiro atoms. The van der Waals surface area contributed by atoms with E-state index in [1.165, 1.54) is 51.7 Å². The molecule has 0 radical (unpaired) electrons. The van der Waals surface area contributed by atoms with Crippen LogP contribution in [0.3, 0.4) is 0 Å². The van der Waals surface area contributed by atoms with Crippen LogP contribution in [-0.4, -0.2) is 49.8 Å². The number of likely N-dealkylation sites (tertiary alicyclic amines) is 1. The lowest BCUT2D eigenvalue weighted by Crippen LogP contribution is -2.51. The Balaban J connectivity index is 1.95. The van der Waals surface area contributed by atoms with Crippen LogP contribution >= 0.6 is 0 Å². The van der Waals surface area contributed by atoms with Gasteiger partial charge in [-0.05, 0) is 77.3 Å². The van der Waals surface area contributed by atoms with Crippen molar-refractivity contribution >= 4 is 0 Å². The normalized spacial score (nSPS) is 28.3. The van der Waals surface area contributed by atoms with E-state index in [9.17, 15) is 0 Å². The SMILES string of the molecule is CC1CCCN(CC2(CNC(C)(C)C)CCOCC2)CC1. The smallest absolute Gasteiger partial charge is 0.0472 e. The summed E-state index contributed by atoms with van der Waals surface area (Å²) in [6.07, 6.45) is 6.58. The summed E-state index contributed by atoms with van der Waals surface area (Å²) in [5, 5.41) is 3.76. The summed E-state index contributed by atoms with van der Waals surface area (Å²) < 4.78 is 5.64. The van der Waals surface area contributed by atoms with Crippen LogP contribution in [0, 0.1) is 11.3 Å². The molecule has 0 saturated carbocycles. The number of ether oxygens (including phenoxy) is 1. The van der Waals surface area contributed by atoms with Crippen molar-refractivity contribution in [2.24, 2.45) is 11.3 Å². The van der Waals surface area contributed by atoms with E-state index in [-0.39, 0.29) is 5.54 Å². The number of rotatable bonds is 4. The lowest BCUT2D eigenvalue weighted by atomic mass is 9.79. The van der Waals surface area contributed by atoms with Crippen molar-refractivity contribution in [3.05, 3.63) is 0 Å². The third-order valence-electron chi connectivity index (χ3n) is 5.22. The van der Waals surface area contributed by atoms with Crippen molar-refractivity contribution in [2.75, 3.05) is 39.4 Å². The highest BCUT2D eigenvalue weighted by Crippen LogP contribution is 2.32. The third kappa shape index (κ3) is 5.88. The second-order valence-electron chi connectivity index (χ2n) is 8.53. The highest BCUT2D eigenvalue weighted by Gasteiger charge is 2.35. The van der Waals surface area contributed by atoms with Crippen molar-refractivity contribution in [1.29, 1.82) is 0 Å². The first-order chi connectivity index (χ1) is 9.89. The number of nitrogens with zero attached hydrogens (tertiary/aromatic N) is 1. The fourth-order valence-corrected chi connectivity index (χ4v) is 3.60. The van der Waals surface area contributed by atoms with Gasteiger partial charge in [0.15, 0.2) is 0 Å². The summed E-state index contributed by atoms with van der Waals surface area (Å²) in [6, 6.07) is 0. The van der Waals surface area contributed by atoms with Crippen LogP contribution < -0.4 is 5.32 Å². The monoisotopic (exact) mass is 296 g/mol. The van der Waals surface area contributed by atoms with Gasteiger partial charge in [0.2, 0.25) is 0 Å². The van der Waals surface area contributed by atoms with E-state index in [1.54, 1.807) is 0 Å². The number of nitrogens with one attached hydrogen (secondary N) is 1. The first kappa shape index (κ1) is 17.2. The van der Waals surface area contributed by atoms with E-state index in [2.05, 4.69) is 37.9 Å². The molecule has 3 heteroatoms. The van der Waals surface area contributed by atoms with Crippen LogP contribution in [-0.2, 0) is 4.74 Å². The number of hydrogen-bond acceptors (Lipinski definition) is 3. The highest BCUT2D eigenvalue weighted by atomic mass is 16.5. The van der Waals surface area contributed by atoms with Crippen molar-refractivity contribution in [3.63, 3.8) is 0 Å². The zero-order valence-electron chi connectivity index (χ0n) is 14.7. The Hall–Kier alpha value is -0.120. The molecule has 2 aliphatic rings. The van der Waals surface area contributed by atoms with Crippen LogP contribution in [0.5, 0.6) is 0 Å². The molecular weight excluding hydrogens is 260 g/mol. The molecule has 0 aromatic heterocycles. The van der Waals surface area contributed by atoms with E-state index >= 15 is 0 Å². The first-order valence-corrected chi connectivity index (χ1v) is 8.94. The Labute approximate surface area is 131 Å². The van der Waals surface area contributed by atoms with E-state index in [1.807, 2.05) is 0 Å². The van der Waals surface area contributed by atoms with Gasteiger partial charge in [-0.25, -0.2) is 0 Å². The summed E-state index contributed by atoms with van der Waals surface area (Å²) in [4.78, 5) is 2.74. The van der Waals surface area contributed by atoms with Gasteiger partial charge in [-0.2, -0.15) is 0 Å². The molecule has 0 aromatic rings. The van der Waals surface area contributed by atoms with Crippen LogP contribution in [0.1, 0.15) is 59.8 Å². The molecule has 21 heavy (non-hydrogen) atoms. The van der Waals surface area contributed by atoms with Crippen LogP contribution in [0.4, 0.5) is 0 Å². The summed E-state index contributed by atoms with van der Waals surface area (Å²) in [6.45, 7) is 16.1. The summed E-state index contributed by atoms with van der Waals surface area (Å²) in [7, 11) is 0. The van der Waals surface area contributed by atoms with Crippen molar-refractivity contribution in [1.82, 2.24) is 10.2 Å². The van der Waals surface area contributed by atoms with Crippen LogP contribution in [0.2, 0.25) is 0 Å². The van der Waals surface area contributed by atoms with Gasteiger partial charge >= 0.3 is 0 Å². The minimum atomic E-state index is 0.207. The van der Waals surface area contributed by atoms with Gasteiger partial charge in [0, 0.05) is 31.8 Å². The molecule has 2 rings (SSSR count). The molecule has 0 aliphatic carbocycles. The highest BCUT2D eigenvalue weighted by molar-refractivity contribution is 4.90. The molecule has 1 atom stereocenters. The zero-order chi connectivity index (χ0) is 15.3. The Morgan fingerprint density at radius 3 is 2.52 bits per heavy atom. The predicted molar refractivity (Wildman–Crippen MR) is 89.7 cm³/mol. The fraction of sp³-hybridized carbons (Fsp3) is 1.00. The van der Waals surface area contributed by atoms with E-state index < -0.39 is 0 Å². The topological polar surface area (TPSA) is 24.5 Å². The Kier molecular flexibility index (Phi) is 6.10. The third-order valence-corrected chi connectivity index (χ3v) is 5.22. The van der Waals surface area contributed by atoms with Crippen molar-refractivity contribution < 1.29 is 4.74 Å². The van der Waals surface area contributed by atoms with Gasteiger partial charge < -0.3 is 15.0 Å². The molecular formula is C18H36N2O. The van der Waals surface area contributed by atoms with Gasteiger partial charge in [-0.3, -0.25) is 0 Å². The van der Waals surface area contributed by atoms with Crippen LogP contribution in [0.15, 0.2) is 0 Å². The molecule has 0 bridgehead atoms. The summed E-state index contributed by atoms with van der Waals surface area (Å²) in [5.41, 5.74) is 0.623. The Bertz CT molecular complexity index is 305. The molecule has 1 unspecified atom stereocenters. The lowest BCUT2D eigenvalue weighted by molar-refractivity contribution is -0.00673. The molecule has 1 N–H and O–H groups in total. The van der Waals surface area contributed by atoms with Crippen molar-refractivity contribution in [3.8, 4) is 0 Å². The first-order valence-electron chi connectivity index (χ1n) is 8.94. The van der Waals surface area contributed by atoms with E-state index in [0.29, 0.717) is 5.41 Å².